The van der Waals surface area contributed by atoms with Crippen LogP contribution in [-0.4, -0.2) is 18.1 Å². The molecular formula is C11H9F5O2. The van der Waals surface area contributed by atoms with Gasteiger partial charge in [0, 0.05) is 0 Å². The normalized spacial score (nSPS) is 12.4. The highest BCUT2D eigenvalue weighted by Gasteiger charge is 2.65. The zero-order chi connectivity index (χ0) is 14.1. The smallest absolute Gasteiger partial charge is 0.422 e. The molecule has 0 aliphatic heterocycles. The van der Waals surface area contributed by atoms with Crippen LogP contribution in [0.4, 0.5) is 22.0 Å². The summed E-state index contributed by atoms with van der Waals surface area (Å²) in [7, 11) is 0. The van der Waals surface area contributed by atoms with Crippen LogP contribution in [0.25, 0.3) is 0 Å². The summed E-state index contributed by atoms with van der Waals surface area (Å²) in [6.45, 7) is 3.05. The average molecular weight is 268 g/mol. The van der Waals surface area contributed by atoms with Gasteiger partial charge in [0.15, 0.2) is 0 Å². The summed E-state index contributed by atoms with van der Waals surface area (Å²) in [5.74, 6) is -8.48. The van der Waals surface area contributed by atoms with E-state index in [1.165, 1.54) is 13.0 Å². The minimum atomic E-state index is -5.97. The van der Waals surface area contributed by atoms with Crippen molar-refractivity contribution in [3.8, 4) is 5.75 Å². The van der Waals surface area contributed by atoms with E-state index in [0.717, 1.165) is 6.07 Å². The zero-order valence-corrected chi connectivity index (χ0v) is 9.44. The number of carbonyl (C=O) groups is 1. The fourth-order valence-corrected chi connectivity index (χ4v) is 1.11. The Bertz CT molecular complexity index is 465. The molecule has 0 unspecified atom stereocenters. The van der Waals surface area contributed by atoms with Crippen LogP contribution in [0.5, 0.6) is 5.75 Å². The lowest BCUT2D eigenvalue weighted by Gasteiger charge is -2.18. The molecule has 2 nitrogen and oxygen atoms in total. The maximum Gasteiger partial charge on any atom is 0.465 e. The molecule has 0 fully saturated rings. The highest BCUT2D eigenvalue weighted by molar-refractivity contribution is 5.81. The number of esters is 1. The van der Waals surface area contributed by atoms with Crippen LogP contribution in [0.15, 0.2) is 18.2 Å². The molecule has 0 N–H and O–H groups in total. The van der Waals surface area contributed by atoms with Crippen LogP contribution in [0.1, 0.15) is 11.1 Å². The summed E-state index contributed by atoms with van der Waals surface area (Å²) in [5.41, 5.74) is 0.930. The van der Waals surface area contributed by atoms with Crippen molar-refractivity contribution in [1.82, 2.24) is 0 Å². The van der Waals surface area contributed by atoms with Gasteiger partial charge in [-0.1, -0.05) is 12.1 Å². The second-order valence-electron chi connectivity index (χ2n) is 3.66. The summed E-state index contributed by atoms with van der Waals surface area (Å²) in [6.07, 6.45) is -5.97. The highest BCUT2D eigenvalue weighted by atomic mass is 19.4. The highest BCUT2D eigenvalue weighted by Crippen LogP contribution is 2.37. The number of carbonyl (C=O) groups excluding carboxylic acids is 1. The molecule has 1 aromatic carbocycles. The maximum atomic E-state index is 12.6. The molecule has 0 amide bonds. The first-order valence-corrected chi connectivity index (χ1v) is 4.80. The Balaban J connectivity index is 2.99. The first kappa shape index (κ1) is 14.4. The lowest BCUT2D eigenvalue weighted by molar-refractivity contribution is -0.276. The Morgan fingerprint density at radius 2 is 1.67 bits per heavy atom. The second kappa shape index (κ2) is 4.55. The third kappa shape index (κ3) is 2.60. The summed E-state index contributed by atoms with van der Waals surface area (Å²) in [4.78, 5) is 10.9. The monoisotopic (exact) mass is 268 g/mol. The van der Waals surface area contributed by atoms with Crippen LogP contribution >= 0.6 is 0 Å². The Morgan fingerprint density at radius 1 is 1.11 bits per heavy atom. The van der Waals surface area contributed by atoms with Gasteiger partial charge < -0.3 is 4.74 Å². The number of halogens is 5. The number of alkyl halides is 5. The summed E-state index contributed by atoms with van der Waals surface area (Å²) in [5, 5.41) is 0. The molecule has 18 heavy (non-hydrogen) atoms. The Kier molecular flexibility index (Phi) is 3.64. The second-order valence-corrected chi connectivity index (χ2v) is 3.66. The number of benzene rings is 1. The minimum Gasteiger partial charge on any atom is -0.422 e. The van der Waals surface area contributed by atoms with E-state index in [1.54, 1.807) is 13.0 Å². The van der Waals surface area contributed by atoms with Crippen molar-refractivity contribution in [3.63, 3.8) is 0 Å². The van der Waals surface area contributed by atoms with Crippen molar-refractivity contribution >= 4 is 5.97 Å². The van der Waals surface area contributed by atoms with Crippen LogP contribution in [-0.2, 0) is 4.79 Å². The van der Waals surface area contributed by atoms with Gasteiger partial charge >= 0.3 is 18.1 Å². The van der Waals surface area contributed by atoms with Crippen molar-refractivity contribution in [1.29, 1.82) is 0 Å². The molecule has 0 aliphatic rings. The number of ether oxygens (including phenoxy) is 1. The summed E-state index contributed by atoms with van der Waals surface area (Å²) < 4.78 is 65.1. The molecule has 1 aromatic rings. The van der Waals surface area contributed by atoms with E-state index < -0.39 is 18.1 Å². The van der Waals surface area contributed by atoms with Gasteiger partial charge in [-0.15, -0.1) is 0 Å². The largest absolute Gasteiger partial charge is 0.465 e. The van der Waals surface area contributed by atoms with Crippen LogP contribution in [0.3, 0.4) is 0 Å². The van der Waals surface area contributed by atoms with Crippen molar-refractivity contribution in [2.75, 3.05) is 0 Å². The minimum absolute atomic E-state index is 0.316. The third-order valence-electron chi connectivity index (χ3n) is 2.37. The molecule has 0 radical (unpaired) electrons. The number of hydrogen-bond acceptors (Lipinski definition) is 2. The maximum absolute atomic E-state index is 12.6. The topological polar surface area (TPSA) is 26.3 Å². The molecular weight excluding hydrogens is 259 g/mol. The van der Waals surface area contributed by atoms with Gasteiger partial charge in [0.25, 0.3) is 0 Å². The van der Waals surface area contributed by atoms with Gasteiger partial charge in [-0.2, -0.15) is 22.0 Å². The van der Waals surface area contributed by atoms with Crippen molar-refractivity contribution in [3.05, 3.63) is 29.3 Å². The molecule has 7 heteroatoms. The standard InChI is InChI=1S/C11H9F5O2/c1-6-4-3-5-8(7(6)2)18-9(17)10(12,13)11(14,15)16/h3-5H,1-2H3. The third-order valence-corrected chi connectivity index (χ3v) is 2.37. The number of aryl methyl sites for hydroxylation is 1. The summed E-state index contributed by atoms with van der Waals surface area (Å²) in [6, 6.07) is 4.14. The van der Waals surface area contributed by atoms with Gasteiger partial charge in [-0.25, -0.2) is 4.79 Å². The van der Waals surface area contributed by atoms with E-state index in [9.17, 15) is 26.7 Å². The van der Waals surface area contributed by atoms with E-state index in [-0.39, 0.29) is 5.75 Å². The van der Waals surface area contributed by atoms with Crippen molar-refractivity contribution in [2.24, 2.45) is 0 Å². The van der Waals surface area contributed by atoms with Crippen LogP contribution in [0, 0.1) is 13.8 Å². The molecule has 0 bridgehead atoms. The first-order chi connectivity index (χ1) is 8.07. The average Bonchev–Trinajstić information content (AvgIpc) is 2.23. The fraction of sp³-hybridized carbons (Fsp3) is 0.364. The Hall–Kier alpha value is -1.66. The van der Waals surface area contributed by atoms with E-state index >= 15 is 0 Å². The van der Waals surface area contributed by atoms with Crippen LogP contribution < -0.4 is 4.74 Å². The molecule has 0 atom stereocenters. The molecule has 0 aliphatic carbocycles. The molecule has 0 heterocycles. The lowest BCUT2D eigenvalue weighted by Crippen LogP contribution is -2.46. The predicted octanol–water partition coefficient (Wildman–Crippen LogP) is 3.41. The Labute approximate surface area is 99.4 Å². The van der Waals surface area contributed by atoms with Gasteiger partial charge in [-0.3, -0.25) is 0 Å². The van der Waals surface area contributed by atoms with Crippen molar-refractivity contribution < 1.29 is 31.5 Å². The van der Waals surface area contributed by atoms with Gasteiger partial charge in [-0.05, 0) is 31.0 Å². The lowest BCUT2D eigenvalue weighted by atomic mass is 10.1. The van der Waals surface area contributed by atoms with Crippen molar-refractivity contribution in [2.45, 2.75) is 25.9 Å². The van der Waals surface area contributed by atoms with Gasteiger partial charge in [0.05, 0.1) is 0 Å². The number of hydrogen-bond donors (Lipinski definition) is 0. The predicted molar refractivity (Wildman–Crippen MR) is 52.6 cm³/mol. The number of rotatable bonds is 2. The SMILES string of the molecule is Cc1cccc(OC(=O)C(F)(F)C(F)(F)F)c1C. The fourth-order valence-electron chi connectivity index (χ4n) is 1.11. The molecule has 0 saturated carbocycles. The first-order valence-electron chi connectivity index (χ1n) is 4.80. The van der Waals surface area contributed by atoms with E-state index in [1.807, 2.05) is 0 Å². The molecule has 0 spiro atoms. The van der Waals surface area contributed by atoms with Gasteiger partial charge in [0.1, 0.15) is 5.75 Å². The molecule has 1 rings (SSSR count). The zero-order valence-electron chi connectivity index (χ0n) is 9.44. The van der Waals surface area contributed by atoms with E-state index in [2.05, 4.69) is 4.74 Å². The summed E-state index contributed by atoms with van der Waals surface area (Å²) >= 11 is 0. The molecule has 0 saturated heterocycles. The van der Waals surface area contributed by atoms with E-state index in [0.29, 0.717) is 11.1 Å². The van der Waals surface area contributed by atoms with Gasteiger partial charge in [0.2, 0.25) is 0 Å². The molecule has 0 aromatic heterocycles. The molecule has 100 valence electrons. The quantitative estimate of drug-likeness (QED) is 0.467. The Morgan fingerprint density at radius 3 is 2.17 bits per heavy atom. The van der Waals surface area contributed by atoms with E-state index in [4.69, 9.17) is 0 Å². The van der Waals surface area contributed by atoms with Crippen LogP contribution in [0.2, 0.25) is 0 Å².